The fourth-order valence-corrected chi connectivity index (χ4v) is 1.54. The Morgan fingerprint density at radius 3 is 2.53 bits per heavy atom. The van der Waals surface area contributed by atoms with Gasteiger partial charge < -0.3 is 15.2 Å². The number of nitrogens with zero attached hydrogens (tertiary/aromatic N) is 1. The van der Waals surface area contributed by atoms with Crippen LogP contribution in [0.5, 0.6) is 5.75 Å². The Bertz CT molecular complexity index is 442. The number of rotatable bonds is 6. The minimum absolute atomic E-state index is 0.0422. The van der Waals surface area contributed by atoms with E-state index in [9.17, 15) is 9.59 Å². The smallest absolute Gasteiger partial charge is 0.326 e. The van der Waals surface area contributed by atoms with Crippen LogP contribution in [0.15, 0.2) is 18.3 Å². The van der Waals surface area contributed by atoms with E-state index < -0.39 is 12.0 Å². The second-order valence-electron chi connectivity index (χ2n) is 4.49. The van der Waals surface area contributed by atoms with Gasteiger partial charge in [0, 0.05) is 5.69 Å². The van der Waals surface area contributed by atoms with Gasteiger partial charge in [-0.15, -0.1) is 0 Å². The quantitative estimate of drug-likeness (QED) is 0.797. The number of carbonyl (C=O) groups excluding carboxylic acids is 1. The molecule has 1 aromatic heterocycles. The summed E-state index contributed by atoms with van der Waals surface area (Å²) < 4.78 is 4.96. The van der Waals surface area contributed by atoms with E-state index in [1.807, 2.05) is 0 Å². The normalized spacial score (nSPS) is 12.0. The molecule has 0 saturated heterocycles. The van der Waals surface area contributed by atoms with Gasteiger partial charge in [-0.25, -0.2) is 4.79 Å². The molecule has 6 heteroatoms. The van der Waals surface area contributed by atoms with Crippen LogP contribution in [0.2, 0.25) is 0 Å². The first-order valence-corrected chi connectivity index (χ1v) is 5.95. The molecule has 0 aliphatic heterocycles. The maximum Gasteiger partial charge on any atom is 0.326 e. The van der Waals surface area contributed by atoms with Crippen LogP contribution in [-0.4, -0.2) is 35.1 Å². The van der Waals surface area contributed by atoms with Crippen molar-refractivity contribution < 1.29 is 19.4 Å². The molecule has 1 heterocycles. The summed E-state index contributed by atoms with van der Waals surface area (Å²) in [6, 6.07) is 2.49. The average Bonchev–Trinajstić information content (AvgIpc) is 2.36. The van der Waals surface area contributed by atoms with Crippen LogP contribution >= 0.6 is 0 Å². The van der Waals surface area contributed by atoms with Crippen LogP contribution in [0.3, 0.4) is 0 Å². The number of amides is 1. The van der Waals surface area contributed by atoms with Crippen molar-refractivity contribution in [2.75, 3.05) is 7.11 Å². The summed E-state index contributed by atoms with van der Waals surface area (Å²) in [6.45, 7) is 3.48. The van der Waals surface area contributed by atoms with Gasteiger partial charge in [-0.1, -0.05) is 13.8 Å². The zero-order chi connectivity index (χ0) is 14.4. The summed E-state index contributed by atoms with van der Waals surface area (Å²) in [5, 5.41) is 11.5. The molecule has 0 aliphatic rings. The van der Waals surface area contributed by atoms with Crippen LogP contribution in [0.25, 0.3) is 0 Å². The summed E-state index contributed by atoms with van der Waals surface area (Å²) in [5.41, 5.74) is 0.561. The molecule has 0 aliphatic carbocycles. The van der Waals surface area contributed by atoms with Crippen molar-refractivity contribution in [3.05, 3.63) is 24.0 Å². The van der Waals surface area contributed by atoms with Crippen LogP contribution < -0.4 is 10.1 Å². The van der Waals surface area contributed by atoms with Gasteiger partial charge in [0.15, 0.2) is 0 Å². The molecule has 6 nitrogen and oxygen atoms in total. The highest BCUT2D eigenvalue weighted by Crippen LogP contribution is 2.08. The molecule has 0 radical (unpaired) electrons. The van der Waals surface area contributed by atoms with Gasteiger partial charge in [-0.05, 0) is 18.1 Å². The minimum Gasteiger partial charge on any atom is -0.495 e. The SMILES string of the molecule is COc1ccc(CC(=O)N[C@@H](C(=O)O)C(C)C)nc1. The molecule has 19 heavy (non-hydrogen) atoms. The van der Waals surface area contributed by atoms with Crippen molar-refractivity contribution >= 4 is 11.9 Å². The second kappa shape index (κ2) is 6.72. The maximum absolute atomic E-state index is 11.7. The number of methoxy groups -OCH3 is 1. The average molecular weight is 266 g/mol. The number of carbonyl (C=O) groups is 2. The van der Waals surface area contributed by atoms with Gasteiger partial charge in [0.25, 0.3) is 0 Å². The van der Waals surface area contributed by atoms with Gasteiger partial charge in [-0.3, -0.25) is 9.78 Å². The van der Waals surface area contributed by atoms with E-state index >= 15 is 0 Å². The predicted molar refractivity (Wildman–Crippen MR) is 68.9 cm³/mol. The molecule has 1 atom stereocenters. The molecule has 0 spiro atoms. The number of hydrogen-bond acceptors (Lipinski definition) is 4. The molecular formula is C13H18N2O4. The Morgan fingerprint density at radius 1 is 1.42 bits per heavy atom. The molecule has 0 fully saturated rings. The third-order valence-corrected chi connectivity index (χ3v) is 2.62. The lowest BCUT2D eigenvalue weighted by Crippen LogP contribution is -2.44. The number of aromatic nitrogens is 1. The zero-order valence-corrected chi connectivity index (χ0v) is 11.2. The van der Waals surface area contributed by atoms with Gasteiger partial charge in [0.2, 0.25) is 5.91 Å². The number of hydrogen-bond donors (Lipinski definition) is 2. The molecule has 0 saturated carbocycles. The zero-order valence-electron chi connectivity index (χ0n) is 11.2. The molecule has 0 unspecified atom stereocenters. The van der Waals surface area contributed by atoms with Crippen LogP contribution in [-0.2, 0) is 16.0 Å². The second-order valence-corrected chi connectivity index (χ2v) is 4.49. The Labute approximate surface area is 111 Å². The Balaban J connectivity index is 2.61. The highest BCUT2D eigenvalue weighted by atomic mass is 16.5. The first-order valence-electron chi connectivity index (χ1n) is 5.95. The van der Waals surface area contributed by atoms with Crippen molar-refractivity contribution in [2.45, 2.75) is 26.3 Å². The minimum atomic E-state index is -1.04. The monoisotopic (exact) mass is 266 g/mol. The summed E-state index contributed by atoms with van der Waals surface area (Å²) in [6.07, 6.45) is 1.56. The van der Waals surface area contributed by atoms with Crippen LogP contribution in [0, 0.1) is 5.92 Å². The molecule has 1 aromatic rings. The van der Waals surface area contributed by atoms with E-state index in [0.717, 1.165) is 0 Å². The van der Waals surface area contributed by atoms with Crippen molar-refractivity contribution in [1.29, 1.82) is 0 Å². The van der Waals surface area contributed by atoms with E-state index in [-0.39, 0.29) is 18.2 Å². The molecule has 0 aromatic carbocycles. The van der Waals surface area contributed by atoms with Gasteiger partial charge in [0.1, 0.15) is 11.8 Å². The van der Waals surface area contributed by atoms with Crippen molar-refractivity contribution in [3.63, 3.8) is 0 Å². The summed E-state index contributed by atoms with van der Waals surface area (Å²) >= 11 is 0. The standard InChI is InChI=1S/C13H18N2O4/c1-8(2)12(13(17)18)15-11(16)6-9-4-5-10(19-3)7-14-9/h4-5,7-8,12H,6H2,1-3H3,(H,15,16)(H,17,18)/t12-/m1/s1. The van der Waals surface area contributed by atoms with Gasteiger partial charge >= 0.3 is 5.97 Å². The lowest BCUT2D eigenvalue weighted by atomic mass is 10.0. The fraction of sp³-hybridized carbons (Fsp3) is 0.462. The van der Waals surface area contributed by atoms with E-state index in [1.165, 1.54) is 13.3 Å². The van der Waals surface area contributed by atoms with E-state index in [1.54, 1.807) is 26.0 Å². The maximum atomic E-state index is 11.7. The molecule has 1 amide bonds. The van der Waals surface area contributed by atoms with Crippen molar-refractivity contribution in [3.8, 4) is 5.75 Å². The highest BCUT2D eigenvalue weighted by molar-refractivity contribution is 5.84. The Kier molecular flexibility index (Phi) is 5.29. The van der Waals surface area contributed by atoms with Gasteiger partial charge in [0.05, 0.1) is 19.7 Å². The lowest BCUT2D eigenvalue weighted by molar-refractivity contribution is -0.143. The van der Waals surface area contributed by atoms with E-state index in [0.29, 0.717) is 11.4 Å². The molecule has 2 N–H and O–H groups in total. The van der Waals surface area contributed by atoms with Gasteiger partial charge in [-0.2, -0.15) is 0 Å². The first kappa shape index (κ1) is 14.9. The molecule has 1 rings (SSSR count). The summed E-state index contributed by atoms with van der Waals surface area (Å²) in [7, 11) is 1.53. The predicted octanol–water partition coefficient (Wildman–Crippen LogP) is 0.858. The van der Waals surface area contributed by atoms with Crippen molar-refractivity contribution in [2.24, 2.45) is 5.92 Å². The number of nitrogens with one attached hydrogen (secondary N) is 1. The third-order valence-electron chi connectivity index (χ3n) is 2.62. The largest absolute Gasteiger partial charge is 0.495 e. The van der Waals surface area contributed by atoms with E-state index in [4.69, 9.17) is 9.84 Å². The number of aliphatic carboxylic acids is 1. The fourth-order valence-electron chi connectivity index (χ4n) is 1.54. The Hall–Kier alpha value is -2.11. The van der Waals surface area contributed by atoms with Crippen LogP contribution in [0.4, 0.5) is 0 Å². The lowest BCUT2D eigenvalue weighted by Gasteiger charge is -2.17. The van der Waals surface area contributed by atoms with E-state index in [2.05, 4.69) is 10.3 Å². The third kappa shape index (κ3) is 4.57. The molecule has 0 bridgehead atoms. The number of pyridine rings is 1. The Morgan fingerprint density at radius 2 is 2.11 bits per heavy atom. The first-order chi connectivity index (χ1) is 8.93. The topological polar surface area (TPSA) is 88.5 Å². The summed E-state index contributed by atoms with van der Waals surface area (Å²) in [5.74, 6) is -0.968. The van der Waals surface area contributed by atoms with Crippen LogP contribution in [0.1, 0.15) is 19.5 Å². The number of carboxylic acids is 1. The highest BCUT2D eigenvalue weighted by Gasteiger charge is 2.23. The summed E-state index contributed by atoms with van der Waals surface area (Å²) in [4.78, 5) is 26.8. The number of ether oxygens (including phenoxy) is 1. The number of carboxylic acid groups (broad SMARTS) is 1. The molecule has 104 valence electrons. The molecular weight excluding hydrogens is 248 g/mol. The van der Waals surface area contributed by atoms with Crippen molar-refractivity contribution in [1.82, 2.24) is 10.3 Å².